The van der Waals surface area contributed by atoms with Crippen molar-refractivity contribution in [3.8, 4) is 11.1 Å². The van der Waals surface area contributed by atoms with Gasteiger partial charge in [-0.1, -0.05) is 0 Å². The van der Waals surface area contributed by atoms with Crippen molar-refractivity contribution in [3.63, 3.8) is 0 Å². The molecule has 0 amide bonds. The summed E-state index contributed by atoms with van der Waals surface area (Å²) in [6, 6.07) is 32.7. The molecule has 0 spiro atoms. The van der Waals surface area contributed by atoms with E-state index in [1.165, 1.54) is 44.5 Å². The molecule has 0 nitrogen and oxygen atoms in total. The topological polar surface area (TPSA) is 0 Å². The van der Waals surface area contributed by atoms with Gasteiger partial charge in [0.05, 0.1) is 0 Å². The Kier molecular flexibility index (Phi) is 9.76. The minimum Gasteiger partial charge on any atom is -0.147 e. The molecule has 0 fully saturated rings. The zero-order valence-electron chi connectivity index (χ0n) is 22.7. The van der Waals surface area contributed by atoms with Crippen LogP contribution in [0.1, 0.15) is 43.0 Å². The van der Waals surface area contributed by atoms with E-state index >= 15 is 0 Å². The van der Waals surface area contributed by atoms with E-state index < -0.39 is 19.3 Å². The molecule has 0 saturated carbocycles. The van der Waals surface area contributed by atoms with Gasteiger partial charge in [0.25, 0.3) is 0 Å². The third kappa shape index (κ3) is 5.62. The third-order valence-electron chi connectivity index (χ3n) is 8.22. The van der Waals surface area contributed by atoms with Crippen molar-refractivity contribution in [2.75, 3.05) is 0 Å². The standard InChI is InChI=1S/C13H9.C8H11.2C7H5Cl.2ClH.Zr/c1-3-7-12-10(5-1)9-11-6-2-4-8-13(11)12;1-6-4-7(2)8(3)5-6;2*1-6-2-4-7(8)5-3-6;;;/h1-5,7-8H,9H2;4,6H,1-3H3;2*1-5H;2*1H;. The largest absolute Gasteiger partial charge is 0.147 e. The molecular formula is C35H32Cl4Zr. The predicted octanol–water partition coefficient (Wildman–Crippen LogP) is 9.76. The van der Waals surface area contributed by atoms with Crippen molar-refractivity contribution < 1.29 is 19.3 Å². The average molecular weight is 686 g/mol. The normalized spacial score (nSPS) is 15.0. The van der Waals surface area contributed by atoms with Crippen LogP contribution in [0, 0.1) is 5.92 Å². The van der Waals surface area contributed by atoms with Crippen molar-refractivity contribution in [1.82, 2.24) is 0 Å². The zero-order chi connectivity index (χ0) is 26.4. The first-order valence-electron chi connectivity index (χ1n) is 13.2. The van der Waals surface area contributed by atoms with E-state index in [-0.39, 0.29) is 24.8 Å². The minimum absolute atomic E-state index is 0. The van der Waals surface area contributed by atoms with Crippen LogP contribution in [0.3, 0.4) is 0 Å². The molecular weight excluding hydrogens is 653 g/mol. The molecule has 204 valence electrons. The molecule has 5 heteroatoms. The van der Waals surface area contributed by atoms with E-state index in [4.69, 9.17) is 23.2 Å². The van der Waals surface area contributed by atoms with E-state index in [2.05, 4.69) is 101 Å². The SMILES string of the molecule is CC1=CC(C)[C]([Zr](=[CH]c2ccc(Cl)cc2)(=[CH]c2ccc(Cl)cc2)[c]2cccc3c2Cc2ccccc2-3)=C1C.Cl.Cl. The Balaban J connectivity index is 0.00000185. The van der Waals surface area contributed by atoms with Gasteiger partial charge in [-0.25, -0.2) is 0 Å². The van der Waals surface area contributed by atoms with Crippen LogP contribution < -0.4 is 3.27 Å². The Bertz CT molecular complexity index is 1690. The molecule has 2 aliphatic carbocycles. The summed E-state index contributed by atoms with van der Waals surface area (Å²) in [6.07, 6.45) is 3.44. The number of hydrogen-bond acceptors (Lipinski definition) is 0. The van der Waals surface area contributed by atoms with Gasteiger partial charge in [-0.05, 0) is 0 Å². The van der Waals surface area contributed by atoms with Crippen molar-refractivity contribution in [1.29, 1.82) is 0 Å². The van der Waals surface area contributed by atoms with Gasteiger partial charge < -0.3 is 0 Å². The molecule has 0 bridgehead atoms. The van der Waals surface area contributed by atoms with Gasteiger partial charge in [-0.2, -0.15) is 0 Å². The van der Waals surface area contributed by atoms with Crippen LogP contribution >= 0.6 is 48.0 Å². The maximum Gasteiger partial charge on any atom is -0.147 e. The Morgan fingerprint density at radius 2 is 1.25 bits per heavy atom. The van der Waals surface area contributed by atoms with Crippen molar-refractivity contribution in [2.45, 2.75) is 27.2 Å². The van der Waals surface area contributed by atoms with Crippen LogP contribution in [0.4, 0.5) is 0 Å². The summed E-state index contributed by atoms with van der Waals surface area (Å²) >= 11 is 8.93. The van der Waals surface area contributed by atoms with Crippen LogP contribution in [0.2, 0.25) is 10.0 Å². The van der Waals surface area contributed by atoms with E-state index in [0.29, 0.717) is 5.92 Å². The molecule has 0 saturated heterocycles. The van der Waals surface area contributed by atoms with Gasteiger partial charge in [0.1, 0.15) is 0 Å². The van der Waals surface area contributed by atoms with Gasteiger partial charge in [0.2, 0.25) is 0 Å². The summed E-state index contributed by atoms with van der Waals surface area (Å²) in [5.41, 5.74) is 11.0. The molecule has 0 heterocycles. The fraction of sp³-hybridized carbons (Fsp3) is 0.143. The summed E-state index contributed by atoms with van der Waals surface area (Å²) in [6.45, 7) is 6.98. The summed E-state index contributed by atoms with van der Waals surface area (Å²) in [5, 5.41) is 1.53. The van der Waals surface area contributed by atoms with Crippen molar-refractivity contribution in [2.24, 2.45) is 5.92 Å². The fourth-order valence-electron chi connectivity index (χ4n) is 6.51. The Morgan fingerprint density at radius 1 is 0.700 bits per heavy atom. The fourth-order valence-corrected chi connectivity index (χ4v) is 19.5. The number of fused-ring (bicyclic) bond motifs is 3. The van der Waals surface area contributed by atoms with Crippen LogP contribution in [-0.4, -0.2) is 7.42 Å². The van der Waals surface area contributed by atoms with Gasteiger partial charge in [-0.3, -0.25) is 0 Å². The van der Waals surface area contributed by atoms with E-state index in [1.807, 2.05) is 24.3 Å². The molecule has 1 atom stereocenters. The average Bonchev–Trinajstić information content (AvgIpc) is 3.42. The number of benzene rings is 4. The quantitative estimate of drug-likeness (QED) is 0.177. The van der Waals surface area contributed by atoms with Gasteiger partial charge in [-0.15, -0.1) is 24.8 Å². The first-order chi connectivity index (χ1) is 18.4. The zero-order valence-corrected chi connectivity index (χ0v) is 28.4. The molecule has 2 aliphatic rings. The monoisotopic (exact) mass is 682 g/mol. The number of allylic oxidation sites excluding steroid dienone is 4. The van der Waals surface area contributed by atoms with E-state index in [0.717, 1.165) is 16.5 Å². The predicted molar refractivity (Wildman–Crippen MR) is 178 cm³/mol. The molecule has 0 aromatic heterocycles. The molecule has 1 unspecified atom stereocenters. The first kappa shape index (κ1) is 31.1. The third-order valence-corrected chi connectivity index (χ3v) is 20.2. The molecule has 40 heavy (non-hydrogen) atoms. The number of hydrogen-bond donors (Lipinski definition) is 0. The van der Waals surface area contributed by atoms with E-state index in [1.54, 1.807) is 6.55 Å². The molecule has 4 aromatic carbocycles. The summed E-state index contributed by atoms with van der Waals surface area (Å²) in [4.78, 5) is 0. The van der Waals surface area contributed by atoms with E-state index in [9.17, 15) is 0 Å². The number of rotatable bonds is 4. The van der Waals surface area contributed by atoms with Crippen molar-refractivity contribution in [3.05, 3.63) is 144 Å². The number of halogens is 4. The summed E-state index contributed by atoms with van der Waals surface area (Å²) in [7, 11) is 0. The molecule has 0 aliphatic heterocycles. The first-order valence-corrected chi connectivity index (χ1v) is 19.2. The maximum atomic E-state index is 6.33. The molecule has 6 rings (SSSR count). The second-order valence-corrected chi connectivity index (χ2v) is 19.8. The van der Waals surface area contributed by atoms with Crippen LogP contribution in [0.15, 0.2) is 111 Å². The Hall–Kier alpha value is -1.86. The van der Waals surface area contributed by atoms with Crippen LogP contribution in [0.5, 0.6) is 0 Å². The van der Waals surface area contributed by atoms with Gasteiger partial charge in [0, 0.05) is 0 Å². The minimum atomic E-state index is -3.73. The second kappa shape index (κ2) is 12.6. The smallest absolute Gasteiger partial charge is 0.147 e. The van der Waals surface area contributed by atoms with Crippen LogP contribution in [-0.2, 0) is 25.7 Å². The van der Waals surface area contributed by atoms with Gasteiger partial charge in [0.15, 0.2) is 0 Å². The molecule has 0 radical (unpaired) electrons. The van der Waals surface area contributed by atoms with Gasteiger partial charge >= 0.3 is 241 Å². The molecule has 4 aromatic rings. The Labute approximate surface area is 263 Å². The summed E-state index contributed by atoms with van der Waals surface area (Å²) in [5.74, 6) is 0.387. The van der Waals surface area contributed by atoms with Crippen molar-refractivity contribution >= 4 is 58.7 Å². The molecule has 0 N–H and O–H groups in total. The Morgan fingerprint density at radius 3 is 1.80 bits per heavy atom. The summed E-state index contributed by atoms with van der Waals surface area (Å²) < 4.78 is 8.48. The second-order valence-electron chi connectivity index (χ2n) is 10.6. The maximum absolute atomic E-state index is 6.33. The van der Waals surface area contributed by atoms with Crippen LogP contribution in [0.25, 0.3) is 11.1 Å².